The monoisotopic (exact) mass is 389 g/mol. The highest BCUT2D eigenvalue weighted by atomic mass is 35.5. The number of pyridine rings is 1. The van der Waals surface area contributed by atoms with E-state index in [0.29, 0.717) is 16.0 Å². The number of aromatic amines is 1. The Balaban J connectivity index is 1.80. The van der Waals surface area contributed by atoms with Gasteiger partial charge in [0.1, 0.15) is 17.3 Å². The van der Waals surface area contributed by atoms with Crippen molar-refractivity contribution in [2.45, 2.75) is 35.9 Å². The number of rotatable bonds is 4. The minimum Gasteiger partial charge on any atom is -0.384 e. The van der Waals surface area contributed by atoms with E-state index in [-0.39, 0.29) is 6.04 Å². The maximum Gasteiger partial charge on any atom is 0.196 e. The van der Waals surface area contributed by atoms with E-state index in [1.54, 1.807) is 12.3 Å². The molecule has 4 heterocycles. The van der Waals surface area contributed by atoms with Crippen molar-refractivity contribution in [3.63, 3.8) is 0 Å². The van der Waals surface area contributed by atoms with Gasteiger partial charge in [0.15, 0.2) is 5.16 Å². The molecule has 0 amide bonds. The lowest BCUT2D eigenvalue weighted by Gasteiger charge is -2.18. The zero-order valence-corrected chi connectivity index (χ0v) is 15.9. The molecule has 1 saturated heterocycles. The number of nitrogens with two attached hydrogens (primary N) is 2. The molecule has 1 aliphatic rings. The minimum atomic E-state index is 0.153. The summed E-state index contributed by atoms with van der Waals surface area (Å²) >= 11 is 8.05. The molecule has 0 spiro atoms. The molecule has 0 saturated carbocycles. The van der Waals surface area contributed by atoms with E-state index in [1.165, 1.54) is 11.8 Å². The van der Waals surface area contributed by atoms with Crippen LogP contribution in [-0.4, -0.2) is 39.1 Å². The predicted octanol–water partition coefficient (Wildman–Crippen LogP) is 2.84. The van der Waals surface area contributed by atoms with Crippen LogP contribution in [0.1, 0.15) is 19.0 Å². The standard InChI is InChI=1S/C17H20ClN7S/c1-2-11-14(18)13-15(22-11)23-17(26-10-3-4-12(20)21-7-10)24-16(13)25-6-5-9(19)8-25/h3-4,7,9H,2,5-6,8,19H2,1H3,(H2,20,21)(H,22,23,24)/t9-/m1/s1. The van der Waals surface area contributed by atoms with Gasteiger partial charge in [-0.05, 0) is 36.7 Å². The van der Waals surface area contributed by atoms with Crippen molar-refractivity contribution in [3.8, 4) is 0 Å². The van der Waals surface area contributed by atoms with Gasteiger partial charge in [-0.3, -0.25) is 0 Å². The fourth-order valence-corrected chi connectivity index (χ4v) is 4.20. The van der Waals surface area contributed by atoms with Crippen LogP contribution in [0.25, 0.3) is 11.0 Å². The number of halogens is 1. The lowest BCUT2D eigenvalue weighted by molar-refractivity contribution is 0.751. The molecule has 0 bridgehead atoms. The Morgan fingerprint density at radius 1 is 1.38 bits per heavy atom. The van der Waals surface area contributed by atoms with Crippen LogP contribution in [0.15, 0.2) is 28.4 Å². The first-order valence-electron chi connectivity index (χ1n) is 8.53. The van der Waals surface area contributed by atoms with Crippen molar-refractivity contribution in [1.29, 1.82) is 0 Å². The summed E-state index contributed by atoms with van der Waals surface area (Å²) < 4.78 is 0. The zero-order chi connectivity index (χ0) is 18.3. The quantitative estimate of drug-likeness (QED) is 0.588. The summed E-state index contributed by atoms with van der Waals surface area (Å²) in [7, 11) is 0. The number of fused-ring (bicyclic) bond motifs is 1. The fraction of sp³-hybridized carbons (Fsp3) is 0.353. The summed E-state index contributed by atoms with van der Waals surface area (Å²) in [6, 6.07) is 3.83. The Kier molecular flexibility index (Phi) is 4.64. The van der Waals surface area contributed by atoms with E-state index in [2.05, 4.69) is 26.8 Å². The van der Waals surface area contributed by atoms with Gasteiger partial charge in [0, 0.05) is 35.9 Å². The molecule has 1 atom stereocenters. The molecule has 136 valence electrons. The number of aromatic nitrogens is 4. The second kappa shape index (κ2) is 6.94. The van der Waals surface area contributed by atoms with Crippen molar-refractivity contribution in [2.75, 3.05) is 23.7 Å². The Hall–Kier alpha value is -2.03. The number of nitrogens with zero attached hydrogens (tertiary/aromatic N) is 4. The summed E-state index contributed by atoms with van der Waals surface area (Å²) in [5.74, 6) is 1.33. The summed E-state index contributed by atoms with van der Waals surface area (Å²) in [5.41, 5.74) is 13.5. The van der Waals surface area contributed by atoms with E-state index >= 15 is 0 Å². The van der Waals surface area contributed by atoms with Crippen molar-refractivity contribution >= 4 is 46.0 Å². The Morgan fingerprint density at radius 3 is 2.88 bits per heavy atom. The molecular formula is C17H20ClN7S. The van der Waals surface area contributed by atoms with Crippen LogP contribution in [0.2, 0.25) is 5.02 Å². The lowest BCUT2D eigenvalue weighted by Crippen LogP contribution is -2.27. The molecule has 26 heavy (non-hydrogen) atoms. The van der Waals surface area contributed by atoms with E-state index in [1.807, 2.05) is 6.07 Å². The first-order chi connectivity index (χ1) is 12.5. The number of hydrogen-bond acceptors (Lipinski definition) is 7. The molecule has 0 radical (unpaired) electrons. The van der Waals surface area contributed by atoms with Gasteiger partial charge >= 0.3 is 0 Å². The number of nitrogen functional groups attached to an aromatic ring is 1. The van der Waals surface area contributed by atoms with E-state index < -0.39 is 0 Å². The highest BCUT2D eigenvalue weighted by Gasteiger charge is 2.26. The van der Waals surface area contributed by atoms with Gasteiger partial charge < -0.3 is 21.4 Å². The fourth-order valence-electron chi connectivity index (χ4n) is 3.13. The highest BCUT2D eigenvalue weighted by Crippen LogP contribution is 2.37. The van der Waals surface area contributed by atoms with Crippen molar-refractivity contribution < 1.29 is 0 Å². The third-order valence-electron chi connectivity index (χ3n) is 4.47. The van der Waals surface area contributed by atoms with Crippen LogP contribution < -0.4 is 16.4 Å². The number of nitrogens with one attached hydrogen (secondary N) is 1. The largest absolute Gasteiger partial charge is 0.384 e. The van der Waals surface area contributed by atoms with Gasteiger partial charge in [0.05, 0.1) is 10.4 Å². The molecule has 3 aromatic heterocycles. The van der Waals surface area contributed by atoms with Crippen LogP contribution in [0.4, 0.5) is 11.6 Å². The minimum absolute atomic E-state index is 0.153. The highest BCUT2D eigenvalue weighted by molar-refractivity contribution is 7.99. The Labute approximate surface area is 160 Å². The topological polar surface area (TPSA) is 110 Å². The average Bonchev–Trinajstić information content (AvgIpc) is 3.20. The molecule has 5 N–H and O–H groups in total. The van der Waals surface area contributed by atoms with Gasteiger partial charge in [0.25, 0.3) is 0 Å². The molecule has 4 rings (SSSR count). The Morgan fingerprint density at radius 2 is 2.23 bits per heavy atom. The molecule has 0 aliphatic carbocycles. The van der Waals surface area contributed by atoms with Crippen molar-refractivity contribution in [3.05, 3.63) is 29.0 Å². The molecular weight excluding hydrogens is 370 g/mol. The van der Waals surface area contributed by atoms with Gasteiger partial charge in [-0.2, -0.15) is 0 Å². The second-order valence-electron chi connectivity index (χ2n) is 6.34. The predicted molar refractivity (Wildman–Crippen MR) is 106 cm³/mol. The van der Waals surface area contributed by atoms with Crippen LogP contribution >= 0.6 is 23.4 Å². The smallest absolute Gasteiger partial charge is 0.196 e. The molecule has 3 aromatic rings. The first-order valence-corrected chi connectivity index (χ1v) is 9.72. The van der Waals surface area contributed by atoms with Gasteiger partial charge in [0.2, 0.25) is 0 Å². The Bertz CT molecular complexity index is 940. The first kappa shape index (κ1) is 17.4. The number of hydrogen-bond donors (Lipinski definition) is 3. The molecule has 7 nitrogen and oxygen atoms in total. The average molecular weight is 390 g/mol. The van der Waals surface area contributed by atoms with Crippen molar-refractivity contribution in [2.24, 2.45) is 5.73 Å². The van der Waals surface area contributed by atoms with Crippen molar-refractivity contribution in [1.82, 2.24) is 19.9 Å². The van der Waals surface area contributed by atoms with Gasteiger partial charge in [-0.15, -0.1) is 0 Å². The number of anilines is 2. The summed E-state index contributed by atoms with van der Waals surface area (Å²) in [6.07, 6.45) is 3.47. The normalized spacial score (nSPS) is 17.3. The molecule has 0 unspecified atom stereocenters. The van der Waals surface area contributed by atoms with Gasteiger partial charge in [-0.1, -0.05) is 18.5 Å². The van der Waals surface area contributed by atoms with E-state index in [9.17, 15) is 0 Å². The zero-order valence-electron chi connectivity index (χ0n) is 14.4. The number of H-pyrrole nitrogens is 1. The number of aryl methyl sites for hydroxylation is 1. The maximum absolute atomic E-state index is 6.61. The van der Waals surface area contributed by atoms with Crippen LogP contribution in [0.3, 0.4) is 0 Å². The van der Waals surface area contributed by atoms with Crippen LogP contribution in [-0.2, 0) is 6.42 Å². The third-order valence-corrected chi connectivity index (χ3v) is 5.73. The lowest BCUT2D eigenvalue weighted by atomic mass is 10.3. The molecule has 9 heteroatoms. The second-order valence-corrected chi connectivity index (χ2v) is 7.76. The third kappa shape index (κ3) is 3.20. The van der Waals surface area contributed by atoms with Gasteiger partial charge in [-0.25, -0.2) is 15.0 Å². The van der Waals surface area contributed by atoms with Crippen LogP contribution in [0.5, 0.6) is 0 Å². The summed E-state index contributed by atoms with van der Waals surface area (Å²) in [4.78, 5) is 20.0. The maximum atomic E-state index is 6.61. The van der Waals surface area contributed by atoms with E-state index in [0.717, 1.165) is 53.4 Å². The molecule has 1 aliphatic heterocycles. The molecule has 1 fully saturated rings. The molecule has 0 aromatic carbocycles. The SMILES string of the molecule is CCc1[nH]c2nc(Sc3ccc(N)nc3)nc(N3CC[C@@H](N)C3)c2c1Cl. The van der Waals surface area contributed by atoms with Crippen LogP contribution in [0, 0.1) is 0 Å². The van der Waals surface area contributed by atoms with E-state index in [4.69, 9.17) is 28.1 Å². The summed E-state index contributed by atoms with van der Waals surface area (Å²) in [6.45, 7) is 3.69. The summed E-state index contributed by atoms with van der Waals surface area (Å²) in [5, 5.41) is 2.21.